The van der Waals surface area contributed by atoms with Gasteiger partial charge < -0.3 is 52.9 Å². The predicted octanol–water partition coefficient (Wildman–Crippen LogP) is 10.3. The van der Waals surface area contributed by atoms with Gasteiger partial charge in [0.05, 0.1) is 103 Å². The number of aromatic carboxylic acids is 1. The van der Waals surface area contributed by atoms with Crippen molar-refractivity contribution in [1.82, 2.24) is 18.6 Å². The van der Waals surface area contributed by atoms with Crippen molar-refractivity contribution in [2.24, 2.45) is 0 Å². The second-order valence-electron chi connectivity index (χ2n) is 17.8. The van der Waals surface area contributed by atoms with Crippen LogP contribution in [0.15, 0.2) is 127 Å². The first-order chi connectivity index (χ1) is 37.9. The second kappa shape index (κ2) is 30.8. The molecule has 6 aromatic carbocycles. The SMILES string of the molecule is C.C.C.CCn1c(-c2ccc(C(=O)N3CCOCC3)cc2)c(C#N)c2cc(OC)ccc21.CCn1c(-c2ccc(C(=O)O)cc2)c(C#N)c2cc(OC)ccc21.CCn1c(-c2ccc(C(=O)OC)cc2)c(C#N)c2cc(OC)ccc21.[Na+].[OH-]. The molecule has 0 spiro atoms. The fourth-order valence-corrected chi connectivity index (χ4v) is 9.98. The van der Waals surface area contributed by atoms with Crippen LogP contribution in [0.3, 0.4) is 0 Å². The summed E-state index contributed by atoms with van der Waals surface area (Å²) in [6.45, 7) is 10.6. The van der Waals surface area contributed by atoms with E-state index >= 15 is 0 Å². The molecule has 426 valence electrons. The van der Waals surface area contributed by atoms with Crippen LogP contribution in [0.25, 0.3) is 66.5 Å². The van der Waals surface area contributed by atoms with Crippen molar-refractivity contribution < 1.29 is 78.2 Å². The first-order valence-electron chi connectivity index (χ1n) is 25.2. The van der Waals surface area contributed by atoms with Gasteiger partial charge in [-0.3, -0.25) is 4.79 Å². The Morgan fingerprint density at radius 3 is 1.10 bits per heavy atom. The number of carbonyl (C=O) groups excluding carboxylic acids is 2. The molecule has 10 rings (SSSR count). The van der Waals surface area contributed by atoms with Crippen molar-refractivity contribution in [3.05, 3.63) is 161 Å². The molecule has 2 N–H and O–H groups in total. The van der Waals surface area contributed by atoms with Gasteiger partial charge in [0, 0.05) is 54.4 Å². The van der Waals surface area contributed by atoms with E-state index in [4.69, 9.17) is 28.8 Å². The predicted molar refractivity (Wildman–Crippen MR) is 320 cm³/mol. The molecule has 0 bridgehead atoms. The number of aromatic nitrogens is 3. The minimum atomic E-state index is -0.970. The molecule has 0 radical (unpaired) electrons. The van der Waals surface area contributed by atoms with Crippen molar-refractivity contribution >= 4 is 50.6 Å². The number of methoxy groups -OCH3 is 4. The van der Waals surface area contributed by atoms with Crippen LogP contribution in [0.2, 0.25) is 0 Å². The third kappa shape index (κ3) is 13.7. The number of nitrogens with zero attached hydrogens (tertiary/aromatic N) is 7. The van der Waals surface area contributed by atoms with Gasteiger partial charge >= 0.3 is 41.5 Å². The van der Waals surface area contributed by atoms with E-state index in [9.17, 15) is 30.2 Å². The minimum absolute atomic E-state index is 0. The summed E-state index contributed by atoms with van der Waals surface area (Å²) in [4.78, 5) is 37.2. The Hall–Kier alpha value is -8.86. The first kappa shape index (κ1) is 68.4. The van der Waals surface area contributed by atoms with Gasteiger partial charge in [0.25, 0.3) is 5.91 Å². The van der Waals surface area contributed by atoms with E-state index in [-0.39, 0.29) is 74.8 Å². The molecule has 1 fully saturated rings. The molecule has 1 aliphatic heterocycles. The standard InChI is InChI=1S/C23H23N3O3.C20H18N2O3.C19H16N2O3.3CH4.Na.H2O/c1-3-26-21-9-8-18(28-2)14-19(21)20(15-24)22(26)16-4-6-17(7-5-16)23(27)25-10-12-29-13-11-25;1-4-22-18-10-9-15(24-2)11-16(18)17(12-21)19(22)13-5-7-14(8-6-13)20(23)25-3;1-3-21-17-9-8-14(24-2)10-15(17)16(11-20)18(21)12-4-6-13(7-5-12)19(22)23;;;;;/h4-9,14H,3,10-13H2,1-2H3;5-11H,4H2,1-3H3;4-10H,3H2,1-2H3,(H,22,23);3*1H4;;1H2/q;;;;;;+1;/p-1. The molecule has 4 heterocycles. The molecule has 1 saturated heterocycles. The Morgan fingerprint density at radius 2 is 0.819 bits per heavy atom. The van der Waals surface area contributed by atoms with E-state index in [2.05, 4.69) is 38.8 Å². The van der Waals surface area contributed by atoms with Gasteiger partial charge in [-0.05, 0) is 128 Å². The van der Waals surface area contributed by atoms with Gasteiger partial charge in [-0.1, -0.05) is 58.7 Å². The summed E-state index contributed by atoms with van der Waals surface area (Å²) in [5, 5.41) is 40.9. The molecule has 1 amide bonds. The minimum Gasteiger partial charge on any atom is -0.870 e. The van der Waals surface area contributed by atoms with Gasteiger partial charge in [-0.15, -0.1) is 0 Å². The van der Waals surface area contributed by atoms with E-state index in [1.807, 2.05) is 110 Å². The van der Waals surface area contributed by atoms with Crippen molar-refractivity contribution in [3.8, 4) is 69.2 Å². The molecular formula is C65H70N7NaO10. The number of nitriles is 3. The molecule has 0 saturated carbocycles. The number of carboxylic acid groups (broad SMARTS) is 1. The Bertz CT molecular complexity index is 3840. The average molecular weight is 1130 g/mol. The number of ether oxygens (including phenoxy) is 5. The van der Waals surface area contributed by atoms with Gasteiger partial charge in [0.2, 0.25) is 0 Å². The maximum atomic E-state index is 12.7. The average Bonchev–Trinajstić information content (AvgIpc) is 4.31. The van der Waals surface area contributed by atoms with E-state index in [1.165, 1.54) is 7.11 Å². The van der Waals surface area contributed by atoms with Gasteiger partial charge in [0.15, 0.2) is 0 Å². The number of esters is 1. The number of carbonyl (C=O) groups is 3. The zero-order chi connectivity index (χ0) is 55.6. The van der Waals surface area contributed by atoms with Crippen LogP contribution in [0.1, 0.15) is 90.8 Å². The summed E-state index contributed by atoms with van der Waals surface area (Å²) in [5.41, 5.74) is 11.1. The summed E-state index contributed by atoms with van der Waals surface area (Å²) in [6.07, 6.45) is 0. The molecule has 0 aliphatic carbocycles. The van der Waals surface area contributed by atoms with Crippen LogP contribution in [0, 0.1) is 34.0 Å². The van der Waals surface area contributed by atoms with E-state index in [0.717, 1.165) is 85.3 Å². The Labute approximate surface area is 507 Å². The van der Waals surface area contributed by atoms with Crippen molar-refractivity contribution in [1.29, 1.82) is 15.8 Å². The van der Waals surface area contributed by atoms with Gasteiger partial charge in [-0.25, -0.2) is 9.59 Å². The molecule has 1 aliphatic rings. The molecule has 0 atom stereocenters. The smallest absolute Gasteiger partial charge is 0.870 e. The van der Waals surface area contributed by atoms with Crippen molar-refractivity contribution in [2.75, 3.05) is 54.7 Å². The normalized spacial score (nSPS) is 11.1. The number of amides is 1. The van der Waals surface area contributed by atoms with Crippen LogP contribution in [-0.2, 0) is 29.1 Å². The number of aryl methyl sites for hydroxylation is 3. The Morgan fingerprint density at radius 1 is 0.506 bits per heavy atom. The maximum Gasteiger partial charge on any atom is 1.00 e. The molecule has 9 aromatic rings. The first-order valence-corrected chi connectivity index (χ1v) is 25.2. The number of hydrogen-bond acceptors (Lipinski definition) is 12. The number of rotatable bonds is 12. The van der Waals surface area contributed by atoms with E-state index in [0.29, 0.717) is 72.2 Å². The van der Waals surface area contributed by atoms with Crippen LogP contribution >= 0.6 is 0 Å². The number of hydrogen-bond donors (Lipinski definition) is 1. The number of morpholine rings is 1. The molecule has 3 aromatic heterocycles. The summed E-state index contributed by atoms with van der Waals surface area (Å²) in [6, 6.07) is 45.4. The van der Waals surface area contributed by atoms with Crippen molar-refractivity contribution in [3.63, 3.8) is 0 Å². The molecule has 0 unspecified atom stereocenters. The van der Waals surface area contributed by atoms with E-state index in [1.54, 1.807) is 57.7 Å². The summed E-state index contributed by atoms with van der Waals surface area (Å²) in [7, 11) is 6.17. The number of benzene rings is 6. The van der Waals surface area contributed by atoms with Crippen LogP contribution in [-0.4, -0.2) is 102 Å². The zero-order valence-electron chi connectivity index (χ0n) is 45.9. The fraction of sp³-hybridized carbons (Fsp3) is 0.262. The fourth-order valence-electron chi connectivity index (χ4n) is 9.98. The zero-order valence-corrected chi connectivity index (χ0v) is 47.9. The maximum absolute atomic E-state index is 12.7. The summed E-state index contributed by atoms with van der Waals surface area (Å²) in [5.74, 6) is 0.793. The van der Waals surface area contributed by atoms with Crippen LogP contribution in [0.5, 0.6) is 17.2 Å². The molecule has 18 heteroatoms. The van der Waals surface area contributed by atoms with Crippen molar-refractivity contribution in [2.45, 2.75) is 62.7 Å². The quantitative estimate of drug-likeness (QED) is 0.0886. The van der Waals surface area contributed by atoms with Crippen LogP contribution in [0.4, 0.5) is 0 Å². The monoisotopic (exact) mass is 1130 g/mol. The number of carboxylic acids is 1. The van der Waals surface area contributed by atoms with Gasteiger partial charge in [0.1, 0.15) is 35.5 Å². The molecule has 83 heavy (non-hydrogen) atoms. The Kier molecular flexibility index (Phi) is 25.4. The third-order valence-corrected chi connectivity index (χ3v) is 13.8. The molecular weight excluding hydrogens is 1060 g/mol. The number of fused-ring (bicyclic) bond motifs is 3. The van der Waals surface area contributed by atoms with Gasteiger partial charge in [-0.2, -0.15) is 15.8 Å². The molecule has 17 nitrogen and oxygen atoms in total. The summed E-state index contributed by atoms with van der Waals surface area (Å²) >= 11 is 0. The topological polar surface area (TPSA) is 237 Å². The second-order valence-corrected chi connectivity index (χ2v) is 17.8. The Balaban J connectivity index is 0.000000318. The van der Waals surface area contributed by atoms with Crippen LogP contribution < -0.4 is 43.8 Å². The van der Waals surface area contributed by atoms with E-state index < -0.39 is 5.97 Å². The summed E-state index contributed by atoms with van der Waals surface area (Å²) < 4.78 is 32.2. The largest absolute Gasteiger partial charge is 1.00 e. The third-order valence-electron chi connectivity index (χ3n) is 13.8.